The molecule has 0 bridgehead atoms. The normalized spacial score (nSPS) is 11.2. The molecule has 0 aliphatic rings. The molecule has 2 aromatic rings. The minimum Gasteiger partial charge on any atom is -1.00 e. The summed E-state index contributed by atoms with van der Waals surface area (Å²) in [6.45, 7) is 1.67. The first kappa shape index (κ1) is 16.0. The van der Waals surface area contributed by atoms with Crippen LogP contribution >= 0.6 is 0 Å². The smallest absolute Gasteiger partial charge is 1.00 e. The Kier molecular flexibility index (Phi) is 6.28. The summed E-state index contributed by atoms with van der Waals surface area (Å²) in [5.74, 6) is -0.550. The first-order valence-corrected chi connectivity index (χ1v) is 5.67. The molecule has 0 aliphatic heterocycles. The second kappa shape index (κ2) is 7.48. The van der Waals surface area contributed by atoms with E-state index in [1.165, 1.54) is 0 Å². The molecule has 0 aliphatic carbocycles. The summed E-state index contributed by atoms with van der Waals surface area (Å²) in [5, 5.41) is 12.1. The predicted octanol–water partition coefficient (Wildman–Crippen LogP) is 2.86. The van der Waals surface area contributed by atoms with E-state index in [0.29, 0.717) is 0 Å². The van der Waals surface area contributed by atoms with Gasteiger partial charge in [0.15, 0.2) is 0 Å². The van der Waals surface area contributed by atoms with Crippen molar-refractivity contribution in [1.29, 1.82) is 0 Å². The largest absolute Gasteiger partial charge is 2.00 e. The Morgan fingerprint density at radius 2 is 1.95 bits per heavy atom. The number of hydrogen-bond acceptors (Lipinski definition) is 3. The van der Waals surface area contributed by atoms with E-state index in [0.717, 1.165) is 17.1 Å². The van der Waals surface area contributed by atoms with Crippen LogP contribution in [0.4, 0.5) is 11.5 Å². The number of pyridine rings is 1. The fourth-order valence-corrected chi connectivity index (χ4v) is 1.58. The van der Waals surface area contributed by atoms with E-state index in [1.54, 1.807) is 13.1 Å². The van der Waals surface area contributed by atoms with E-state index in [-0.39, 0.29) is 40.6 Å². The van der Waals surface area contributed by atoms with E-state index in [1.807, 2.05) is 42.5 Å². The number of nitrogens with one attached hydrogen (secondary N) is 1. The molecule has 19 heavy (non-hydrogen) atoms. The number of rotatable bonds is 4. The molecule has 0 saturated carbocycles. The molecule has 0 spiro atoms. The van der Waals surface area contributed by atoms with Crippen molar-refractivity contribution in [3.63, 3.8) is 0 Å². The van der Waals surface area contributed by atoms with Gasteiger partial charge in [0.2, 0.25) is 0 Å². The molecule has 2 N–H and O–H groups in total. The Morgan fingerprint density at radius 1 is 1.26 bits per heavy atom. The summed E-state index contributed by atoms with van der Waals surface area (Å²) in [7, 11) is 0. The van der Waals surface area contributed by atoms with Crippen molar-refractivity contribution in [3.8, 4) is 0 Å². The summed E-state index contributed by atoms with van der Waals surface area (Å²) >= 11 is 0. The molecule has 0 fully saturated rings. The third-order valence-electron chi connectivity index (χ3n) is 2.72. The van der Waals surface area contributed by atoms with Gasteiger partial charge in [0.05, 0.1) is 5.92 Å². The molecular formula is C14H16CaN2O2. The van der Waals surface area contributed by atoms with Crippen molar-refractivity contribution in [3.05, 3.63) is 54.2 Å². The first-order chi connectivity index (χ1) is 8.66. The predicted molar refractivity (Wildman–Crippen MR) is 78.0 cm³/mol. The molecular weight excluding hydrogens is 268 g/mol. The Morgan fingerprint density at radius 3 is 2.47 bits per heavy atom. The second-order valence-corrected chi connectivity index (χ2v) is 4.02. The molecule has 2 rings (SSSR count). The number of carboxylic acid groups (broad SMARTS) is 1. The van der Waals surface area contributed by atoms with Crippen LogP contribution in [0.25, 0.3) is 0 Å². The zero-order chi connectivity index (χ0) is 13.0. The third kappa shape index (κ3) is 4.49. The van der Waals surface area contributed by atoms with Crippen LogP contribution in [-0.4, -0.2) is 53.8 Å². The molecule has 96 valence electrons. The van der Waals surface area contributed by atoms with Gasteiger partial charge in [-0.25, -0.2) is 4.98 Å². The van der Waals surface area contributed by atoms with E-state index in [4.69, 9.17) is 5.11 Å². The van der Waals surface area contributed by atoms with Gasteiger partial charge < -0.3 is 13.3 Å². The fourth-order valence-electron chi connectivity index (χ4n) is 1.58. The zero-order valence-corrected chi connectivity index (χ0v) is 12.9. The van der Waals surface area contributed by atoms with Crippen molar-refractivity contribution >= 4 is 55.2 Å². The number of nitrogens with zero attached hydrogens (tertiary/aromatic N) is 1. The topological polar surface area (TPSA) is 62.2 Å². The van der Waals surface area contributed by atoms with Crippen LogP contribution in [0.15, 0.2) is 48.7 Å². The van der Waals surface area contributed by atoms with Gasteiger partial charge in [0.25, 0.3) is 0 Å². The van der Waals surface area contributed by atoms with E-state index in [2.05, 4.69) is 10.3 Å². The van der Waals surface area contributed by atoms with Gasteiger partial charge in [0, 0.05) is 11.9 Å². The third-order valence-corrected chi connectivity index (χ3v) is 2.72. The number of aromatic nitrogens is 1. The summed E-state index contributed by atoms with van der Waals surface area (Å²) in [4.78, 5) is 15.0. The van der Waals surface area contributed by atoms with Gasteiger partial charge in [-0.2, -0.15) is 0 Å². The number of aliphatic carboxylic acids is 1. The Bertz CT molecular complexity index is 538. The van der Waals surface area contributed by atoms with Crippen molar-refractivity contribution in [2.75, 3.05) is 5.32 Å². The maximum absolute atomic E-state index is 10.9. The van der Waals surface area contributed by atoms with Gasteiger partial charge in [0.1, 0.15) is 5.82 Å². The van der Waals surface area contributed by atoms with E-state index >= 15 is 0 Å². The summed E-state index contributed by atoms with van der Waals surface area (Å²) in [5.41, 5.74) is 1.67. The average Bonchev–Trinajstić information content (AvgIpc) is 2.40. The second-order valence-electron chi connectivity index (χ2n) is 4.02. The van der Waals surface area contributed by atoms with Crippen molar-refractivity contribution < 1.29 is 12.8 Å². The molecule has 4 nitrogen and oxygen atoms in total. The maximum atomic E-state index is 10.9. The molecule has 5 heteroatoms. The van der Waals surface area contributed by atoms with Gasteiger partial charge >= 0.3 is 43.7 Å². The SMILES string of the molecule is CC(C(=O)O)c1ccc(Nc2ccccn2)cc1.[Ca+2].[H-].[H-]. The minimum absolute atomic E-state index is 0. The van der Waals surface area contributed by atoms with Crippen LogP contribution in [0.2, 0.25) is 0 Å². The van der Waals surface area contributed by atoms with Crippen molar-refractivity contribution in [2.45, 2.75) is 12.8 Å². The molecule has 1 aromatic carbocycles. The fraction of sp³-hybridized carbons (Fsp3) is 0.143. The van der Waals surface area contributed by atoms with Gasteiger partial charge in [-0.1, -0.05) is 18.2 Å². The number of carbonyl (C=O) groups is 1. The minimum atomic E-state index is -0.819. The van der Waals surface area contributed by atoms with Crippen LogP contribution in [0, 0.1) is 0 Å². The molecule has 0 radical (unpaired) electrons. The number of benzene rings is 1. The molecule has 0 amide bonds. The first-order valence-electron chi connectivity index (χ1n) is 5.67. The van der Waals surface area contributed by atoms with Crippen LogP contribution in [-0.2, 0) is 4.79 Å². The molecule has 0 saturated heterocycles. The molecule has 1 unspecified atom stereocenters. The van der Waals surface area contributed by atoms with Crippen LogP contribution < -0.4 is 5.32 Å². The quantitative estimate of drug-likeness (QED) is 0.847. The van der Waals surface area contributed by atoms with E-state index in [9.17, 15) is 4.79 Å². The Labute approximate surface area is 144 Å². The Balaban J connectivity index is 0. The van der Waals surface area contributed by atoms with Crippen molar-refractivity contribution in [1.82, 2.24) is 4.98 Å². The average molecular weight is 284 g/mol. The molecule has 1 atom stereocenters. The monoisotopic (exact) mass is 284 g/mol. The zero-order valence-electron chi connectivity index (χ0n) is 12.7. The molecule has 1 aromatic heterocycles. The number of hydrogen-bond donors (Lipinski definition) is 2. The summed E-state index contributed by atoms with van der Waals surface area (Å²) in [6.07, 6.45) is 1.71. The standard InChI is InChI=1S/C14H14N2O2.Ca.2H/c1-10(14(17)18)11-5-7-12(8-6-11)16-13-4-2-3-9-15-13;;;/h2-10H,1H3,(H,15,16)(H,17,18);;;/q;+2;2*-1. The number of anilines is 2. The van der Waals surface area contributed by atoms with Crippen molar-refractivity contribution in [2.24, 2.45) is 0 Å². The van der Waals surface area contributed by atoms with Crippen LogP contribution in [0.1, 0.15) is 21.3 Å². The summed E-state index contributed by atoms with van der Waals surface area (Å²) < 4.78 is 0. The van der Waals surface area contributed by atoms with Crippen LogP contribution in [0.5, 0.6) is 0 Å². The van der Waals surface area contributed by atoms with Gasteiger partial charge in [-0.15, -0.1) is 0 Å². The summed E-state index contributed by atoms with van der Waals surface area (Å²) in [6, 6.07) is 12.9. The molecule has 1 heterocycles. The van der Waals surface area contributed by atoms with Crippen LogP contribution in [0.3, 0.4) is 0 Å². The van der Waals surface area contributed by atoms with Gasteiger partial charge in [-0.3, -0.25) is 4.79 Å². The van der Waals surface area contributed by atoms with Gasteiger partial charge in [-0.05, 0) is 36.8 Å². The van der Waals surface area contributed by atoms with E-state index < -0.39 is 11.9 Å². The Hall–Kier alpha value is -1.10. The maximum Gasteiger partial charge on any atom is 2.00 e. The number of carboxylic acids is 1.